The molecule has 0 aromatic heterocycles. The molecule has 2 fully saturated rings. The van der Waals surface area contributed by atoms with Crippen LogP contribution in [0.2, 0.25) is 0 Å². The highest BCUT2D eigenvalue weighted by molar-refractivity contribution is 6.04. The summed E-state index contributed by atoms with van der Waals surface area (Å²) in [6.07, 6.45) is 3.79. The van der Waals surface area contributed by atoms with Crippen LogP contribution in [0.4, 0.5) is 5.69 Å². The maximum absolute atomic E-state index is 12.2. The van der Waals surface area contributed by atoms with Crippen LogP contribution in [-0.4, -0.2) is 55.0 Å². The fourth-order valence-electron chi connectivity index (χ4n) is 4.68. The summed E-state index contributed by atoms with van der Waals surface area (Å²) >= 11 is 0. The number of hydrogen-bond acceptors (Lipinski definition) is 3. The summed E-state index contributed by atoms with van der Waals surface area (Å²) in [4.78, 5) is 17.5. The van der Waals surface area contributed by atoms with Gasteiger partial charge in [-0.15, -0.1) is 0 Å². The second-order valence-electron chi connectivity index (χ2n) is 8.41. The normalized spacial score (nSPS) is 22.8. The number of carbonyl (C=O) groups excluding carboxylic acids is 1. The lowest BCUT2D eigenvalue weighted by Gasteiger charge is -2.24. The highest BCUT2D eigenvalue weighted by Gasteiger charge is 2.42. The lowest BCUT2D eigenvalue weighted by molar-refractivity contribution is 0.102. The third-order valence-electron chi connectivity index (χ3n) is 6.45. The first-order valence-electron chi connectivity index (χ1n) is 10.6. The highest BCUT2D eigenvalue weighted by atomic mass is 16.1. The highest BCUT2D eigenvalue weighted by Crippen LogP contribution is 2.39. The van der Waals surface area contributed by atoms with Crippen molar-refractivity contribution in [3.63, 3.8) is 0 Å². The number of hydrogen-bond donors (Lipinski definition) is 1. The topological polar surface area (TPSA) is 35.6 Å². The number of nitrogens with zero attached hydrogens (tertiary/aromatic N) is 2. The van der Waals surface area contributed by atoms with Gasteiger partial charge in [0.05, 0.1) is 0 Å². The molecular formula is C24H31N3O. The molecule has 4 nitrogen and oxygen atoms in total. The molecule has 0 aliphatic carbocycles. The summed E-state index contributed by atoms with van der Waals surface area (Å²) in [7, 11) is 0. The van der Waals surface area contributed by atoms with Gasteiger partial charge in [0.25, 0.3) is 5.91 Å². The Balaban J connectivity index is 1.26. The van der Waals surface area contributed by atoms with E-state index in [1.807, 2.05) is 42.5 Å². The molecule has 1 atom stereocenters. The Morgan fingerprint density at radius 1 is 0.964 bits per heavy atom. The summed E-state index contributed by atoms with van der Waals surface area (Å²) in [5.41, 5.74) is 3.42. The van der Waals surface area contributed by atoms with Crippen LogP contribution in [-0.2, 0) is 6.42 Å². The molecule has 0 bridgehead atoms. The predicted molar refractivity (Wildman–Crippen MR) is 115 cm³/mol. The minimum atomic E-state index is -0.0617. The minimum Gasteiger partial charge on any atom is -0.322 e. The molecule has 148 valence electrons. The van der Waals surface area contributed by atoms with Gasteiger partial charge in [0, 0.05) is 30.9 Å². The standard InChI is InChI=1S/C24H31N3O/c1-2-26-16-13-24(18-26)14-17-27(19-24)15-12-20-8-10-22(11-9-20)25-23(28)21-6-4-3-5-7-21/h3-11H,2,12-19H2,1H3,(H,25,28). The average Bonchev–Trinajstić information content (AvgIpc) is 3.34. The fourth-order valence-corrected chi connectivity index (χ4v) is 4.68. The molecular weight excluding hydrogens is 346 g/mol. The maximum atomic E-state index is 12.2. The number of carbonyl (C=O) groups is 1. The summed E-state index contributed by atoms with van der Waals surface area (Å²) in [6, 6.07) is 17.6. The van der Waals surface area contributed by atoms with E-state index >= 15 is 0 Å². The lowest BCUT2D eigenvalue weighted by Crippen LogP contribution is -2.31. The zero-order valence-electron chi connectivity index (χ0n) is 16.9. The second kappa shape index (κ2) is 8.46. The molecule has 1 N–H and O–H groups in total. The smallest absolute Gasteiger partial charge is 0.255 e. The number of amides is 1. The lowest BCUT2D eigenvalue weighted by atomic mass is 9.86. The van der Waals surface area contributed by atoms with Crippen molar-refractivity contribution in [2.75, 3.05) is 44.6 Å². The van der Waals surface area contributed by atoms with Gasteiger partial charge in [-0.1, -0.05) is 37.3 Å². The Morgan fingerprint density at radius 2 is 1.64 bits per heavy atom. The van der Waals surface area contributed by atoms with Crippen LogP contribution in [0, 0.1) is 5.41 Å². The van der Waals surface area contributed by atoms with Gasteiger partial charge in [0.2, 0.25) is 0 Å². The molecule has 2 heterocycles. The Labute approximate surface area is 168 Å². The van der Waals surface area contributed by atoms with Gasteiger partial charge in [-0.25, -0.2) is 0 Å². The van der Waals surface area contributed by atoms with Gasteiger partial charge in [-0.3, -0.25) is 4.79 Å². The Morgan fingerprint density at radius 3 is 2.32 bits per heavy atom. The van der Waals surface area contributed by atoms with E-state index in [9.17, 15) is 4.79 Å². The van der Waals surface area contributed by atoms with Crippen LogP contribution in [0.3, 0.4) is 0 Å². The van der Waals surface area contributed by atoms with Gasteiger partial charge in [0.1, 0.15) is 0 Å². The van der Waals surface area contributed by atoms with E-state index in [0.717, 1.165) is 18.7 Å². The zero-order valence-corrected chi connectivity index (χ0v) is 16.9. The second-order valence-corrected chi connectivity index (χ2v) is 8.41. The first-order valence-corrected chi connectivity index (χ1v) is 10.6. The molecule has 2 aliphatic heterocycles. The van der Waals surface area contributed by atoms with E-state index < -0.39 is 0 Å². The van der Waals surface area contributed by atoms with E-state index in [0.29, 0.717) is 11.0 Å². The van der Waals surface area contributed by atoms with E-state index in [1.165, 1.54) is 51.1 Å². The first kappa shape index (κ1) is 19.2. The van der Waals surface area contributed by atoms with Crippen molar-refractivity contribution in [2.45, 2.75) is 26.2 Å². The van der Waals surface area contributed by atoms with Crippen LogP contribution in [0.25, 0.3) is 0 Å². The molecule has 4 rings (SSSR count). The third-order valence-corrected chi connectivity index (χ3v) is 6.45. The van der Waals surface area contributed by atoms with Gasteiger partial charge in [-0.2, -0.15) is 0 Å². The molecule has 2 aliphatic rings. The Bertz CT molecular complexity index is 789. The van der Waals surface area contributed by atoms with Crippen molar-refractivity contribution in [3.05, 3.63) is 65.7 Å². The molecule has 1 unspecified atom stereocenters. The molecule has 2 saturated heterocycles. The quantitative estimate of drug-likeness (QED) is 0.829. The summed E-state index contributed by atoms with van der Waals surface area (Å²) in [5.74, 6) is -0.0617. The molecule has 0 saturated carbocycles. The number of anilines is 1. The molecule has 28 heavy (non-hydrogen) atoms. The van der Waals surface area contributed by atoms with Crippen LogP contribution in [0.1, 0.15) is 35.7 Å². The summed E-state index contributed by atoms with van der Waals surface area (Å²) < 4.78 is 0. The van der Waals surface area contributed by atoms with Gasteiger partial charge < -0.3 is 15.1 Å². The van der Waals surface area contributed by atoms with Crippen molar-refractivity contribution in [2.24, 2.45) is 5.41 Å². The average molecular weight is 378 g/mol. The van der Waals surface area contributed by atoms with E-state index in [1.54, 1.807) is 0 Å². The van der Waals surface area contributed by atoms with Crippen molar-refractivity contribution < 1.29 is 4.79 Å². The molecule has 2 aromatic rings. The number of rotatable bonds is 6. The van der Waals surface area contributed by atoms with E-state index in [4.69, 9.17) is 0 Å². The first-order chi connectivity index (χ1) is 13.7. The van der Waals surface area contributed by atoms with Gasteiger partial charge in [-0.05, 0) is 74.1 Å². The number of benzene rings is 2. The summed E-state index contributed by atoms with van der Waals surface area (Å²) in [5, 5.41) is 2.97. The molecule has 4 heteroatoms. The molecule has 2 aromatic carbocycles. The predicted octanol–water partition coefficient (Wildman–Crippen LogP) is 3.90. The molecule has 0 radical (unpaired) electrons. The molecule has 1 amide bonds. The Kier molecular flexibility index (Phi) is 5.79. The van der Waals surface area contributed by atoms with Crippen molar-refractivity contribution in [1.82, 2.24) is 9.80 Å². The maximum Gasteiger partial charge on any atom is 0.255 e. The van der Waals surface area contributed by atoms with Crippen LogP contribution in [0.5, 0.6) is 0 Å². The van der Waals surface area contributed by atoms with E-state index in [-0.39, 0.29) is 5.91 Å². The number of nitrogens with one attached hydrogen (secondary N) is 1. The SMILES string of the molecule is CCN1CCC2(CCN(CCc3ccc(NC(=O)c4ccccc4)cc3)C2)C1. The molecule has 1 spiro atoms. The monoisotopic (exact) mass is 377 g/mol. The minimum absolute atomic E-state index is 0.0617. The van der Waals surface area contributed by atoms with Gasteiger partial charge in [0.15, 0.2) is 0 Å². The largest absolute Gasteiger partial charge is 0.322 e. The van der Waals surface area contributed by atoms with E-state index in [2.05, 4.69) is 34.2 Å². The summed E-state index contributed by atoms with van der Waals surface area (Å²) in [6.45, 7) is 9.66. The Hall–Kier alpha value is -2.17. The van der Waals surface area contributed by atoms with Crippen LogP contribution >= 0.6 is 0 Å². The third kappa shape index (κ3) is 4.45. The van der Waals surface area contributed by atoms with Crippen molar-refractivity contribution in [3.8, 4) is 0 Å². The fraction of sp³-hybridized carbons (Fsp3) is 0.458. The van der Waals surface area contributed by atoms with Gasteiger partial charge >= 0.3 is 0 Å². The zero-order chi connectivity index (χ0) is 19.4. The van der Waals surface area contributed by atoms with Crippen molar-refractivity contribution in [1.29, 1.82) is 0 Å². The number of likely N-dealkylation sites (tertiary alicyclic amines) is 2. The van der Waals surface area contributed by atoms with Crippen LogP contribution < -0.4 is 5.32 Å². The van der Waals surface area contributed by atoms with Crippen LogP contribution in [0.15, 0.2) is 54.6 Å². The van der Waals surface area contributed by atoms with Crippen molar-refractivity contribution >= 4 is 11.6 Å².